The number of rotatable bonds is 7. The van der Waals surface area contributed by atoms with Crippen LogP contribution in [0, 0.1) is 6.92 Å². The molecule has 1 heterocycles. The minimum Gasteiger partial charge on any atom is -0.491 e. The van der Waals surface area contributed by atoms with Gasteiger partial charge in [-0.3, -0.25) is 4.79 Å². The van der Waals surface area contributed by atoms with Crippen LogP contribution in [-0.2, 0) is 10.0 Å². The molecule has 2 aromatic rings. The van der Waals surface area contributed by atoms with Gasteiger partial charge in [-0.15, -0.1) is 0 Å². The number of hydrogen-bond donors (Lipinski definition) is 1. The minimum absolute atomic E-state index is 0.163. The van der Waals surface area contributed by atoms with E-state index in [1.165, 1.54) is 10.4 Å². The number of piperidine rings is 1. The Kier molecular flexibility index (Phi) is 6.92. The smallest absolute Gasteiger partial charge is 0.251 e. The first kappa shape index (κ1) is 21.3. The Labute approximate surface area is 172 Å². The number of hydrogen-bond acceptors (Lipinski definition) is 4. The fourth-order valence-corrected chi connectivity index (χ4v) is 4.90. The highest BCUT2D eigenvalue weighted by Gasteiger charge is 2.26. The van der Waals surface area contributed by atoms with Crippen molar-refractivity contribution in [2.75, 3.05) is 19.7 Å². The van der Waals surface area contributed by atoms with Gasteiger partial charge in [-0.25, -0.2) is 8.42 Å². The van der Waals surface area contributed by atoms with E-state index in [1.54, 1.807) is 18.2 Å². The van der Waals surface area contributed by atoms with Gasteiger partial charge in [-0.05, 0) is 56.5 Å². The monoisotopic (exact) mass is 416 g/mol. The van der Waals surface area contributed by atoms with Crippen molar-refractivity contribution in [2.24, 2.45) is 0 Å². The summed E-state index contributed by atoms with van der Waals surface area (Å²) in [7, 11) is -3.57. The van der Waals surface area contributed by atoms with Crippen LogP contribution in [0.15, 0.2) is 53.4 Å². The molecular weight excluding hydrogens is 388 g/mol. The molecule has 0 radical (unpaired) electrons. The van der Waals surface area contributed by atoms with Crippen LogP contribution in [0.25, 0.3) is 0 Å². The molecule has 1 N–H and O–H groups in total. The van der Waals surface area contributed by atoms with Crippen molar-refractivity contribution in [1.82, 2.24) is 9.62 Å². The summed E-state index contributed by atoms with van der Waals surface area (Å²) in [6.07, 6.45) is 2.80. The van der Waals surface area contributed by atoms with Gasteiger partial charge in [0.05, 0.1) is 10.9 Å². The maximum atomic E-state index is 12.8. The van der Waals surface area contributed by atoms with Gasteiger partial charge in [0.15, 0.2) is 0 Å². The van der Waals surface area contributed by atoms with Gasteiger partial charge < -0.3 is 10.1 Å². The number of aryl methyl sites for hydroxylation is 1. The molecule has 7 heteroatoms. The van der Waals surface area contributed by atoms with E-state index in [2.05, 4.69) is 5.32 Å². The second-order valence-corrected chi connectivity index (χ2v) is 9.38. The maximum absolute atomic E-state index is 12.8. The van der Waals surface area contributed by atoms with Gasteiger partial charge in [-0.2, -0.15) is 4.31 Å². The number of nitrogens with one attached hydrogen (secondary N) is 1. The predicted octanol–water partition coefficient (Wildman–Crippen LogP) is 3.37. The average molecular weight is 417 g/mol. The van der Waals surface area contributed by atoms with Gasteiger partial charge in [0.1, 0.15) is 12.4 Å². The highest BCUT2D eigenvalue weighted by Crippen LogP contribution is 2.21. The van der Waals surface area contributed by atoms with Crippen molar-refractivity contribution in [3.05, 3.63) is 59.7 Å². The molecule has 1 unspecified atom stereocenters. The highest BCUT2D eigenvalue weighted by atomic mass is 32.2. The normalized spacial score (nSPS) is 16.2. The standard InChI is InChI=1S/C22H28N2O4S/c1-17-9-4-5-12-21(17)28-16-18(2)23-22(25)19-10-8-11-20(15-19)29(26,27)24-13-6-3-7-14-24/h4-5,8-12,15,18H,3,6-7,13-14,16H2,1-2H3,(H,23,25). The van der Waals surface area contributed by atoms with Crippen LogP contribution in [-0.4, -0.2) is 44.4 Å². The average Bonchev–Trinajstić information content (AvgIpc) is 2.74. The van der Waals surface area contributed by atoms with Crippen molar-refractivity contribution in [3.8, 4) is 5.75 Å². The Bertz CT molecular complexity index is 953. The van der Waals surface area contributed by atoms with Gasteiger partial charge in [-0.1, -0.05) is 30.7 Å². The molecule has 1 atom stereocenters. The fourth-order valence-electron chi connectivity index (χ4n) is 3.33. The number of amides is 1. The predicted molar refractivity (Wildman–Crippen MR) is 113 cm³/mol. The third kappa shape index (κ3) is 5.36. The van der Waals surface area contributed by atoms with E-state index in [0.717, 1.165) is 30.6 Å². The molecule has 1 aliphatic heterocycles. The summed E-state index contributed by atoms with van der Waals surface area (Å²) < 4.78 is 33.0. The molecule has 0 spiro atoms. The SMILES string of the molecule is Cc1ccccc1OCC(C)NC(=O)c1cccc(S(=O)(=O)N2CCCCC2)c1. The van der Waals surface area contributed by atoms with Crippen LogP contribution < -0.4 is 10.1 Å². The number of sulfonamides is 1. The first-order chi connectivity index (χ1) is 13.9. The minimum atomic E-state index is -3.57. The summed E-state index contributed by atoms with van der Waals surface area (Å²) in [4.78, 5) is 12.8. The summed E-state index contributed by atoms with van der Waals surface area (Å²) in [5.74, 6) is 0.463. The second kappa shape index (κ2) is 9.41. The van der Waals surface area contributed by atoms with Crippen molar-refractivity contribution in [1.29, 1.82) is 0 Å². The number of benzene rings is 2. The Morgan fingerprint density at radius 2 is 1.83 bits per heavy atom. The highest BCUT2D eigenvalue weighted by molar-refractivity contribution is 7.89. The third-order valence-corrected chi connectivity index (χ3v) is 6.90. The second-order valence-electron chi connectivity index (χ2n) is 7.44. The van der Waals surface area contributed by atoms with Crippen LogP contribution in [0.4, 0.5) is 0 Å². The first-order valence-electron chi connectivity index (χ1n) is 9.97. The zero-order valence-corrected chi connectivity index (χ0v) is 17.7. The van der Waals surface area contributed by atoms with Crippen LogP contribution in [0.2, 0.25) is 0 Å². The lowest BCUT2D eigenvalue weighted by Crippen LogP contribution is -2.37. The third-order valence-electron chi connectivity index (χ3n) is 5.01. The Balaban J connectivity index is 1.63. The lowest BCUT2D eigenvalue weighted by Gasteiger charge is -2.26. The molecule has 1 aliphatic rings. The lowest BCUT2D eigenvalue weighted by molar-refractivity contribution is 0.0926. The molecule has 1 fully saturated rings. The number of carbonyl (C=O) groups excluding carboxylic acids is 1. The summed E-state index contributed by atoms with van der Waals surface area (Å²) in [5, 5.41) is 2.87. The molecule has 1 saturated heterocycles. The molecule has 0 aromatic heterocycles. The van der Waals surface area contributed by atoms with E-state index >= 15 is 0 Å². The molecule has 156 valence electrons. The van der Waals surface area contributed by atoms with Gasteiger partial charge in [0, 0.05) is 18.7 Å². The lowest BCUT2D eigenvalue weighted by atomic mass is 10.2. The number of carbonyl (C=O) groups is 1. The molecule has 0 bridgehead atoms. The van der Waals surface area contributed by atoms with Gasteiger partial charge >= 0.3 is 0 Å². The summed E-state index contributed by atoms with van der Waals surface area (Å²) in [6.45, 7) is 5.21. The molecule has 3 rings (SSSR count). The van der Waals surface area contributed by atoms with E-state index in [1.807, 2.05) is 38.1 Å². The Morgan fingerprint density at radius 1 is 1.10 bits per heavy atom. The fraction of sp³-hybridized carbons (Fsp3) is 0.409. The van der Waals surface area contributed by atoms with E-state index in [9.17, 15) is 13.2 Å². The van der Waals surface area contributed by atoms with Crippen LogP contribution in [0.3, 0.4) is 0 Å². The van der Waals surface area contributed by atoms with Crippen molar-refractivity contribution in [3.63, 3.8) is 0 Å². The van der Waals surface area contributed by atoms with Gasteiger partial charge in [0.25, 0.3) is 5.91 Å². The topological polar surface area (TPSA) is 75.7 Å². The number of ether oxygens (including phenoxy) is 1. The summed E-state index contributed by atoms with van der Waals surface area (Å²) in [6, 6.07) is 13.7. The zero-order valence-electron chi connectivity index (χ0n) is 16.9. The molecule has 29 heavy (non-hydrogen) atoms. The number of para-hydroxylation sites is 1. The largest absolute Gasteiger partial charge is 0.491 e. The molecule has 0 saturated carbocycles. The van der Waals surface area contributed by atoms with Crippen LogP contribution >= 0.6 is 0 Å². The van der Waals surface area contributed by atoms with Crippen molar-refractivity contribution >= 4 is 15.9 Å². The van der Waals surface area contributed by atoms with Crippen LogP contribution in [0.1, 0.15) is 42.1 Å². The number of nitrogens with zero attached hydrogens (tertiary/aromatic N) is 1. The van der Waals surface area contributed by atoms with E-state index in [0.29, 0.717) is 25.3 Å². The summed E-state index contributed by atoms with van der Waals surface area (Å²) >= 11 is 0. The first-order valence-corrected chi connectivity index (χ1v) is 11.4. The summed E-state index contributed by atoms with van der Waals surface area (Å²) in [5.41, 5.74) is 1.35. The van der Waals surface area contributed by atoms with Gasteiger partial charge in [0.2, 0.25) is 10.0 Å². The Morgan fingerprint density at radius 3 is 2.55 bits per heavy atom. The Hall–Kier alpha value is -2.38. The molecule has 6 nitrogen and oxygen atoms in total. The van der Waals surface area contributed by atoms with E-state index < -0.39 is 10.0 Å². The zero-order chi connectivity index (χ0) is 20.9. The molecular formula is C22H28N2O4S. The van der Waals surface area contributed by atoms with Crippen molar-refractivity contribution < 1.29 is 17.9 Å². The van der Waals surface area contributed by atoms with E-state index in [4.69, 9.17) is 4.74 Å². The van der Waals surface area contributed by atoms with Crippen molar-refractivity contribution in [2.45, 2.75) is 44.0 Å². The molecule has 1 amide bonds. The van der Waals surface area contributed by atoms with Crippen LogP contribution in [0.5, 0.6) is 5.75 Å². The van der Waals surface area contributed by atoms with E-state index in [-0.39, 0.29) is 16.8 Å². The molecule has 0 aliphatic carbocycles. The molecule has 2 aromatic carbocycles. The quantitative estimate of drug-likeness (QED) is 0.751. The maximum Gasteiger partial charge on any atom is 0.251 e.